The lowest BCUT2D eigenvalue weighted by Gasteiger charge is -2.34. The van der Waals surface area contributed by atoms with E-state index in [9.17, 15) is 9.65 Å². The van der Waals surface area contributed by atoms with Crippen molar-refractivity contribution in [2.45, 2.75) is 13.5 Å². The van der Waals surface area contributed by atoms with Gasteiger partial charge >= 0.3 is 0 Å². The fourth-order valence-electron chi connectivity index (χ4n) is 3.14. The van der Waals surface area contributed by atoms with Crippen LogP contribution in [-0.2, 0) is 6.54 Å². The number of nitrogen functional groups attached to an aromatic ring is 2. The first-order valence-electron chi connectivity index (χ1n) is 8.58. The van der Waals surface area contributed by atoms with Gasteiger partial charge in [0.05, 0.1) is 5.69 Å². The van der Waals surface area contributed by atoms with Gasteiger partial charge in [-0.1, -0.05) is 19.1 Å². The van der Waals surface area contributed by atoms with Crippen LogP contribution in [0.3, 0.4) is 0 Å². The summed E-state index contributed by atoms with van der Waals surface area (Å²) < 4.78 is 14.6. The second kappa shape index (κ2) is 7.64. The van der Waals surface area contributed by atoms with E-state index in [1.54, 1.807) is 12.1 Å². The summed E-state index contributed by atoms with van der Waals surface area (Å²) in [5.74, 6) is -0.386. The molecule has 1 aliphatic heterocycles. The summed E-state index contributed by atoms with van der Waals surface area (Å²) in [6, 6.07) is 6.80. The van der Waals surface area contributed by atoms with E-state index in [1.807, 2.05) is 6.07 Å². The number of benzene rings is 1. The maximum Gasteiger partial charge on any atom is 0.222 e. The van der Waals surface area contributed by atoms with E-state index >= 15 is 0 Å². The molecular weight excluding hydrogens is 333 g/mol. The average molecular weight is 355 g/mol. The Morgan fingerprint density at radius 2 is 1.85 bits per heavy atom. The number of likely N-dealkylation sites (N-methyl/N-ethyl adjacent to an activating group) is 1. The topological polar surface area (TPSA) is 108 Å². The zero-order chi connectivity index (χ0) is 18.7. The molecule has 0 unspecified atom stereocenters. The first kappa shape index (κ1) is 18.0. The number of piperazine rings is 1. The van der Waals surface area contributed by atoms with E-state index < -0.39 is 0 Å². The monoisotopic (exact) mass is 355 g/mol. The van der Waals surface area contributed by atoms with E-state index in [2.05, 4.69) is 26.7 Å². The van der Waals surface area contributed by atoms with Crippen molar-refractivity contribution >= 4 is 11.8 Å². The number of rotatable bonds is 4. The van der Waals surface area contributed by atoms with Crippen molar-refractivity contribution in [2.75, 3.05) is 44.2 Å². The largest absolute Gasteiger partial charge is 0.382 e. The Balaban J connectivity index is 1.82. The van der Waals surface area contributed by atoms with Crippen molar-refractivity contribution in [3.63, 3.8) is 0 Å². The van der Waals surface area contributed by atoms with Crippen molar-refractivity contribution in [3.05, 3.63) is 35.1 Å². The molecule has 136 valence electrons. The molecule has 4 N–H and O–H groups in total. The van der Waals surface area contributed by atoms with Gasteiger partial charge in [-0.3, -0.25) is 4.90 Å². The highest BCUT2D eigenvalue weighted by atomic mass is 19.1. The van der Waals surface area contributed by atoms with Crippen molar-refractivity contribution < 1.29 is 4.39 Å². The third-order valence-corrected chi connectivity index (χ3v) is 4.70. The molecule has 3 rings (SSSR count). The molecular formula is C18H22FN7. The van der Waals surface area contributed by atoms with Crippen LogP contribution in [0.4, 0.5) is 16.2 Å². The summed E-state index contributed by atoms with van der Waals surface area (Å²) in [5, 5.41) is 9.28. The zero-order valence-corrected chi connectivity index (χ0v) is 14.7. The van der Waals surface area contributed by atoms with Gasteiger partial charge in [-0.2, -0.15) is 10.2 Å². The summed E-state index contributed by atoms with van der Waals surface area (Å²) in [6.45, 7) is 7.60. The third kappa shape index (κ3) is 3.74. The number of nitrogens with two attached hydrogens (primary N) is 2. The first-order valence-corrected chi connectivity index (χ1v) is 8.58. The van der Waals surface area contributed by atoms with Crippen molar-refractivity contribution in [1.82, 2.24) is 19.8 Å². The summed E-state index contributed by atoms with van der Waals surface area (Å²) >= 11 is 0. The van der Waals surface area contributed by atoms with Crippen LogP contribution < -0.4 is 11.5 Å². The molecule has 0 amide bonds. The van der Waals surface area contributed by atoms with Crippen molar-refractivity contribution in [1.29, 1.82) is 5.26 Å². The lowest BCUT2D eigenvalue weighted by Crippen LogP contribution is -2.45. The Bertz CT molecular complexity index is 838. The first-order chi connectivity index (χ1) is 12.5. The van der Waals surface area contributed by atoms with E-state index in [1.165, 1.54) is 6.07 Å². The maximum absolute atomic E-state index is 14.6. The van der Waals surface area contributed by atoms with Crippen LogP contribution in [0, 0.1) is 17.1 Å². The predicted molar refractivity (Wildman–Crippen MR) is 98.4 cm³/mol. The summed E-state index contributed by atoms with van der Waals surface area (Å²) in [4.78, 5) is 12.5. The Morgan fingerprint density at radius 3 is 2.46 bits per heavy atom. The minimum absolute atomic E-state index is 0.00622. The lowest BCUT2D eigenvalue weighted by molar-refractivity contribution is 0.131. The molecule has 1 aromatic heterocycles. The Labute approximate surface area is 152 Å². The van der Waals surface area contributed by atoms with Gasteiger partial charge in [-0.05, 0) is 12.6 Å². The van der Waals surface area contributed by atoms with Gasteiger partial charge in [0.15, 0.2) is 0 Å². The van der Waals surface area contributed by atoms with Crippen molar-refractivity contribution in [3.8, 4) is 17.3 Å². The minimum atomic E-state index is -0.333. The molecule has 1 fully saturated rings. The van der Waals surface area contributed by atoms with Crippen LogP contribution in [0.1, 0.15) is 18.1 Å². The number of anilines is 2. The normalized spacial score (nSPS) is 15.7. The highest BCUT2D eigenvalue weighted by molar-refractivity contribution is 5.73. The van der Waals surface area contributed by atoms with Gasteiger partial charge in [0.25, 0.3) is 0 Å². The SMILES string of the molecule is CCN1CCN(Cc2ccc(-c3nc(N)nc(N)c3C#N)cc2F)CC1. The number of nitrogens with zero attached hydrogens (tertiary/aromatic N) is 5. The highest BCUT2D eigenvalue weighted by Crippen LogP contribution is 2.27. The molecule has 1 aliphatic rings. The molecule has 0 aliphatic carbocycles. The zero-order valence-electron chi connectivity index (χ0n) is 14.7. The van der Waals surface area contributed by atoms with Gasteiger partial charge in [0.2, 0.25) is 5.95 Å². The van der Waals surface area contributed by atoms with Crippen LogP contribution in [0.15, 0.2) is 18.2 Å². The summed E-state index contributed by atoms with van der Waals surface area (Å²) in [5.41, 5.74) is 12.8. The van der Waals surface area contributed by atoms with Gasteiger partial charge in [0.1, 0.15) is 23.3 Å². The average Bonchev–Trinajstić information content (AvgIpc) is 2.63. The molecule has 0 atom stereocenters. The molecule has 0 spiro atoms. The Hall–Kier alpha value is -2.76. The van der Waals surface area contributed by atoms with Gasteiger partial charge < -0.3 is 16.4 Å². The van der Waals surface area contributed by atoms with Crippen molar-refractivity contribution in [2.24, 2.45) is 0 Å². The van der Waals surface area contributed by atoms with E-state index in [4.69, 9.17) is 11.5 Å². The number of nitriles is 1. The molecule has 0 bridgehead atoms. The Morgan fingerprint density at radius 1 is 1.15 bits per heavy atom. The molecule has 0 saturated carbocycles. The number of aromatic nitrogens is 2. The highest BCUT2D eigenvalue weighted by Gasteiger charge is 2.18. The minimum Gasteiger partial charge on any atom is -0.382 e. The van der Waals surface area contributed by atoms with Crippen LogP contribution in [-0.4, -0.2) is 52.5 Å². The molecule has 2 aromatic rings. The van der Waals surface area contributed by atoms with Crippen LogP contribution in [0.25, 0.3) is 11.3 Å². The molecule has 26 heavy (non-hydrogen) atoms. The second-order valence-electron chi connectivity index (χ2n) is 6.32. The maximum atomic E-state index is 14.6. The molecule has 1 aromatic carbocycles. The van der Waals surface area contributed by atoms with Crippen LogP contribution in [0.2, 0.25) is 0 Å². The van der Waals surface area contributed by atoms with Gasteiger partial charge in [-0.15, -0.1) is 0 Å². The van der Waals surface area contributed by atoms with Gasteiger partial charge in [-0.25, -0.2) is 9.37 Å². The van der Waals surface area contributed by atoms with E-state index in [-0.39, 0.29) is 28.8 Å². The molecule has 1 saturated heterocycles. The smallest absolute Gasteiger partial charge is 0.222 e. The predicted octanol–water partition coefficient (Wildman–Crippen LogP) is 1.46. The van der Waals surface area contributed by atoms with Crippen LogP contribution >= 0.6 is 0 Å². The number of hydrogen-bond donors (Lipinski definition) is 2. The molecule has 8 heteroatoms. The fourth-order valence-corrected chi connectivity index (χ4v) is 3.14. The molecule has 0 radical (unpaired) electrons. The number of halogens is 1. The second-order valence-corrected chi connectivity index (χ2v) is 6.32. The van der Waals surface area contributed by atoms with E-state index in [0.717, 1.165) is 32.7 Å². The third-order valence-electron chi connectivity index (χ3n) is 4.70. The summed E-state index contributed by atoms with van der Waals surface area (Å²) in [6.07, 6.45) is 0. The standard InChI is InChI=1S/C18H22FN7/c1-2-25-5-7-26(8-6-25)11-13-4-3-12(9-15(13)19)16-14(10-20)17(21)24-18(22)23-16/h3-4,9H,2,5-8,11H2,1H3,(H4,21,22,23,24). The quantitative estimate of drug-likeness (QED) is 0.854. The Kier molecular flexibility index (Phi) is 5.30. The van der Waals surface area contributed by atoms with E-state index in [0.29, 0.717) is 17.7 Å². The molecule has 7 nitrogen and oxygen atoms in total. The summed E-state index contributed by atoms with van der Waals surface area (Å²) in [7, 11) is 0. The fraction of sp³-hybridized carbons (Fsp3) is 0.389. The van der Waals surface area contributed by atoms with Gasteiger partial charge in [0, 0.05) is 43.9 Å². The van der Waals surface area contributed by atoms with Crippen LogP contribution in [0.5, 0.6) is 0 Å². The number of hydrogen-bond acceptors (Lipinski definition) is 7. The molecule has 2 heterocycles. The lowest BCUT2D eigenvalue weighted by atomic mass is 10.0.